The number of hydrogen-bond donors (Lipinski definition) is 1. The quantitative estimate of drug-likeness (QED) is 0.776. The van der Waals surface area contributed by atoms with E-state index in [2.05, 4.69) is 32.9 Å². The molecule has 0 fully saturated rings. The molecule has 0 saturated heterocycles. The van der Waals surface area contributed by atoms with Gasteiger partial charge in [-0.2, -0.15) is 0 Å². The zero-order valence-electron chi connectivity index (χ0n) is 10.7. The topological polar surface area (TPSA) is 29.5 Å². The number of benzene rings is 1. The van der Waals surface area contributed by atoms with Gasteiger partial charge in [-0.25, -0.2) is 0 Å². The van der Waals surface area contributed by atoms with Crippen LogP contribution in [0.1, 0.15) is 41.7 Å². The Labute approximate surface area is 98.3 Å². The zero-order valence-corrected chi connectivity index (χ0v) is 10.7. The summed E-state index contributed by atoms with van der Waals surface area (Å²) in [5, 5.41) is 10.0. The average molecular weight is 222 g/mol. The van der Waals surface area contributed by atoms with E-state index in [0.717, 1.165) is 17.5 Å². The summed E-state index contributed by atoms with van der Waals surface area (Å²) < 4.78 is 5.37. The van der Waals surface area contributed by atoms with Crippen LogP contribution < -0.4 is 0 Å². The molecule has 1 atom stereocenters. The number of aliphatic hydroxyl groups excluding tert-OH is 1. The molecule has 1 aromatic rings. The fourth-order valence-electron chi connectivity index (χ4n) is 1.77. The first-order valence-electron chi connectivity index (χ1n) is 5.89. The molecule has 16 heavy (non-hydrogen) atoms. The maximum atomic E-state index is 10.0. The smallest absolute Gasteiger partial charge is 0.103 e. The van der Waals surface area contributed by atoms with Crippen molar-refractivity contribution in [3.05, 3.63) is 34.4 Å². The lowest BCUT2D eigenvalue weighted by atomic mass is 9.97. The lowest BCUT2D eigenvalue weighted by Crippen LogP contribution is -2.09. The molecule has 0 aliphatic carbocycles. The monoisotopic (exact) mass is 222 g/mol. The summed E-state index contributed by atoms with van der Waals surface area (Å²) in [6.07, 6.45) is 0.476. The molecular formula is C14H22O2. The number of aliphatic hydroxyl groups is 1. The van der Waals surface area contributed by atoms with Gasteiger partial charge in [0, 0.05) is 6.61 Å². The van der Waals surface area contributed by atoms with Gasteiger partial charge in [0.15, 0.2) is 0 Å². The van der Waals surface area contributed by atoms with Crippen LogP contribution in [0.5, 0.6) is 0 Å². The summed E-state index contributed by atoms with van der Waals surface area (Å²) in [6, 6.07) is 4.18. The first kappa shape index (κ1) is 13.2. The lowest BCUT2D eigenvalue weighted by Gasteiger charge is -2.16. The number of rotatable bonds is 5. The van der Waals surface area contributed by atoms with E-state index in [0.29, 0.717) is 13.2 Å². The molecule has 0 spiro atoms. The minimum Gasteiger partial charge on any atom is -0.386 e. The van der Waals surface area contributed by atoms with Crippen molar-refractivity contribution in [2.45, 2.75) is 40.2 Å². The van der Waals surface area contributed by atoms with Crippen LogP contribution in [0.15, 0.2) is 12.1 Å². The maximum absolute atomic E-state index is 10.0. The molecule has 1 aromatic carbocycles. The van der Waals surface area contributed by atoms with Gasteiger partial charge in [0.1, 0.15) is 6.10 Å². The van der Waals surface area contributed by atoms with Gasteiger partial charge < -0.3 is 9.84 Å². The third-order valence-corrected chi connectivity index (χ3v) is 2.87. The van der Waals surface area contributed by atoms with E-state index in [9.17, 15) is 5.11 Å². The largest absolute Gasteiger partial charge is 0.386 e. The molecule has 0 saturated carbocycles. The van der Waals surface area contributed by atoms with Crippen molar-refractivity contribution in [3.63, 3.8) is 0 Å². The summed E-state index contributed by atoms with van der Waals surface area (Å²) in [6.45, 7) is 9.35. The Morgan fingerprint density at radius 1 is 1.12 bits per heavy atom. The average Bonchev–Trinajstić information content (AvgIpc) is 2.23. The Morgan fingerprint density at radius 2 is 1.75 bits per heavy atom. The van der Waals surface area contributed by atoms with Crippen LogP contribution in [0.4, 0.5) is 0 Å². The van der Waals surface area contributed by atoms with Gasteiger partial charge in [0.05, 0.1) is 6.61 Å². The molecule has 0 aliphatic rings. The van der Waals surface area contributed by atoms with E-state index in [4.69, 9.17) is 4.74 Å². The van der Waals surface area contributed by atoms with Gasteiger partial charge in [-0.3, -0.25) is 0 Å². The first-order valence-corrected chi connectivity index (χ1v) is 5.89. The predicted molar refractivity (Wildman–Crippen MR) is 66.7 cm³/mol. The molecule has 2 nitrogen and oxygen atoms in total. The van der Waals surface area contributed by atoms with E-state index in [1.807, 2.05) is 6.92 Å². The van der Waals surface area contributed by atoms with Crippen molar-refractivity contribution in [2.75, 3.05) is 13.2 Å². The molecular weight excluding hydrogens is 200 g/mol. The number of hydrogen-bond acceptors (Lipinski definition) is 2. The zero-order chi connectivity index (χ0) is 12.1. The van der Waals surface area contributed by atoms with Crippen LogP contribution in [-0.4, -0.2) is 18.3 Å². The highest BCUT2D eigenvalue weighted by molar-refractivity contribution is 5.37. The van der Waals surface area contributed by atoms with Crippen molar-refractivity contribution < 1.29 is 9.84 Å². The second-order valence-electron chi connectivity index (χ2n) is 4.38. The maximum Gasteiger partial charge on any atom is 0.103 e. The molecule has 1 N–H and O–H groups in total. The standard InChI is InChI=1S/C14H22O2/c1-5-6-16-9-14(15)13-8-11(3)10(2)7-12(13)4/h7-8,14-15H,5-6,9H2,1-4H3. The fourth-order valence-corrected chi connectivity index (χ4v) is 1.77. The second kappa shape index (κ2) is 6.02. The highest BCUT2D eigenvalue weighted by atomic mass is 16.5. The second-order valence-corrected chi connectivity index (χ2v) is 4.38. The van der Waals surface area contributed by atoms with Crippen LogP contribution in [0.2, 0.25) is 0 Å². The van der Waals surface area contributed by atoms with Gasteiger partial charge >= 0.3 is 0 Å². The van der Waals surface area contributed by atoms with E-state index in [1.165, 1.54) is 11.1 Å². The molecule has 0 bridgehead atoms. The summed E-state index contributed by atoms with van der Waals surface area (Å²) in [5.74, 6) is 0. The van der Waals surface area contributed by atoms with E-state index in [-0.39, 0.29) is 0 Å². The third-order valence-electron chi connectivity index (χ3n) is 2.87. The SMILES string of the molecule is CCCOCC(O)c1cc(C)c(C)cc1C. The molecule has 0 amide bonds. The van der Waals surface area contributed by atoms with Gasteiger partial charge in [-0.05, 0) is 49.4 Å². The Morgan fingerprint density at radius 3 is 2.38 bits per heavy atom. The van der Waals surface area contributed by atoms with Crippen molar-refractivity contribution in [3.8, 4) is 0 Å². The van der Waals surface area contributed by atoms with Gasteiger partial charge in [0.25, 0.3) is 0 Å². The normalized spacial score (nSPS) is 12.8. The summed E-state index contributed by atoms with van der Waals surface area (Å²) in [5.41, 5.74) is 4.60. The summed E-state index contributed by atoms with van der Waals surface area (Å²) in [7, 11) is 0. The molecule has 0 aliphatic heterocycles. The van der Waals surface area contributed by atoms with Crippen molar-refractivity contribution >= 4 is 0 Å². The van der Waals surface area contributed by atoms with Crippen LogP contribution in [-0.2, 0) is 4.74 Å². The van der Waals surface area contributed by atoms with Crippen molar-refractivity contribution in [2.24, 2.45) is 0 Å². The minimum atomic E-state index is -0.508. The van der Waals surface area contributed by atoms with Crippen molar-refractivity contribution in [1.29, 1.82) is 0 Å². The van der Waals surface area contributed by atoms with E-state index < -0.39 is 6.10 Å². The summed E-state index contributed by atoms with van der Waals surface area (Å²) >= 11 is 0. The first-order chi connectivity index (χ1) is 7.56. The molecule has 1 rings (SSSR count). The summed E-state index contributed by atoms with van der Waals surface area (Å²) in [4.78, 5) is 0. The number of ether oxygens (including phenoxy) is 1. The minimum absolute atomic E-state index is 0.386. The Bertz CT molecular complexity index is 345. The Balaban J connectivity index is 2.75. The molecule has 90 valence electrons. The highest BCUT2D eigenvalue weighted by Gasteiger charge is 2.11. The van der Waals surface area contributed by atoms with Gasteiger partial charge in [-0.15, -0.1) is 0 Å². The van der Waals surface area contributed by atoms with Crippen LogP contribution >= 0.6 is 0 Å². The number of aryl methyl sites for hydroxylation is 3. The molecule has 0 heterocycles. The third kappa shape index (κ3) is 3.32. The Hall–Kier alpha value is -0.860. The van der Waals surface area contributed by atoms with Crippen LogP contribution in [0, 0.1) is 20.8 Å². The van der Waals surface area contributed by atoms with Crippen molar-refractivity contribution in [1.82, 2.24) is 0 Å². The molecule has 2 heteroatoms. The van der Waals surface area contributed by atoms with Gasteiger partial charge in [-0.1, -0.05) is 19.1 Å². The Kier molecular flexibility index (Phi) is 4.97. The lowest BCUT2D eigenvalue weighted by molar-refractivity contribution is 0.0360. The van der Waals surface area contributed by atoms with Crippen LogP contribution in [0.3, 0.4) is 0 Å². The molecule has 0 aromatic heterocycles. The van der Waals surface area contributed by atoms with Gasteiger partial charge in [0.2, 0.25) is 0 Å². The molecule has 1 unspecified atom stereocenters. The van der Waals surface area contributed by atoms with Crippen LogP contribution in [0.25, 0.3) is 0 Å². The van der Waals surface area contributed by atoms with E-state index in [1.54, 1.807) is 0 Å². The highest BCUT2D eigenvalue weighted by Crippen LogP contribution is 2.22. The fraction of sp³-hybridized carbons (Fsp3) is 0.571. The predicted octanol–water partition coefficient (Wildman–Crippen LogP) is 3.07. The molecule has 0 radical (unpaired) electrons. The van der Waals surface area contributed by atoms with E-state index >= 15 is 0 Å².